The quantitative estimate of drug-likeness (QED) is 0.713. The second-order valence-corrected chi connectivity index (χ2v) is 4.71. The molecule has 1 aromatic rings. The molecule has 0 spiro atoms. The molecule has 1 fully saturated rings. The minimum Gasteiger partial charge on any atom is -0.493 e. The molecule has 2 rings (SSSR count). The molecule has 0 unspecified atom stereocenters. The van der Waals surface area contributed by atoms with Gasteiger partial charge in [0.05, 0.1) is 13.3 Å². The minimum atomic E-state index is 0.178. The number of Topliss-reactive ketones (excluding diaryl/α,β-unsaturated/α-hetero) is 1. The van der Waals surface area contributed by atoms with Crippen molar-refractivity contribution in [1.29, 1.82) is 0 Å². The highest BCUT2D eigenvalue weighted by molar-refractivity contribution is 5.97. The third-order valence-electron chi connectivity index (χ3n) is 3.42. The summed E-state index contributed by atoms with van der Waals surface area (Å²) in [7, 11) is 1.59. The molecule has 17 heavy (non-hydrogen) atoms. The summed E-state index contributed by atoms with van der Waals surface area (Å²) in [5.41, 5.74) is 0.654. The number of ketones is 1. The Balaban J connectivity index is 2.14. The first-order valence-electron chi connectivity index (χ1n) is 6.39. The fourth-order valence-electron chi connectivity index (χ4n) is 2.24. The molecule has 0 saturated heterocycles. The number of methoxy groups -OCH3 is 1. The minimum absolute atomic E-state index is 0.178. The lowest BCUT2D eigenvalue weighted by molar-refractivity contribution is 0.0922. The predicted molar refractivity (Wildman–Crippen MR) is 65.4 cm³/mol. The van der Waals surface area contributed by atoms with E-state index in [0.29, 0.717) is 23.8 Å². The van der Waals surface area contributed by atoms with E-state index in [1.54, 1.807) is 18.0 Å². The van der Waals surface area contributed by atoms with E-state index >= 15 is 0 Å². The molecule has 4 nitrogen and oxygen atoms in total. The second-order valence-electron chi connectivity index (χ2n) is 4.71. The van der Waals surface area contributed by atoms with Crippen LogP contribution in [0.5, 0.6) is 5.75 Å². The van der Waals surface area contributed by atoms with Crippen LogP contribution in [0.25, 0.3) is 0 Å². The first kappa shape index (κ1) is 12.1. The normalized spacial score (nSPS) is 15.6. The summed E-state index contributed by atoms with van der Waals surface area (Å²) in [6.45, 7) is 2.85. The van der Waals surface area contributed by atoms with Crippen molar-refractivity contribution in [1.82, 2.24) is 9.78 Å². The Labute approximate surface area is 102 Å². The molecule has 0 N–H and O–H groups in total. The zero-order chi connectivity index (χ0) is 12.3. The molecule has 94 valence electrons. The fraction of sp³-hybridized carbons (Fsp3) is 0.692. The topological polar surface area (TPSA) is 44.1 Å². The first-order valence-corrected chi connectivity index (χ1v) is 6.39. The van der Waals surface area contributed by atoms with E-state index in [-0.39, 0.29) is 5.78 Å². The van der Waals surface area contributed by atoms with E-state index < -0.39 is 0 Å². The first-order chi connectivity index (χ1) is 8.26. The standard InChI is InChI=1S/C13H20N2O2/c1-3-7-15-13(12(17-2)9-14-15)11(16)8-10-5-4-6-10/h9-10H,3-8H2,1-2H3. The van der Waals surface area contributed by atoms with Gasteiger partial charge in [-0.25, -0.2) is 0 Å². The van der Waals surface area contributed by atoms with Crippen LogP contribution in [-0.2, 0) is 6.54 Å². The number of hydrogen-bond acceptors (Lipinski definition) is 3. The van der Waals surface area contributed by atoms with E-state index in [4.69, 9.17) is 4.74 Å². The monoisotopic (exact) mass is 236 g/mol. The predicted octanol–water partition coefficient (Wildman–Crippen LogP) is 2.67. The maximum atomic E-state index is 12.2. The fourth-order valence-corrected chi connectivity index (χ4v) is 2.24. The highest BCUT2D eigenvalue weighted by Crippen LogP contribution is 2.32. The van der Waals surface area contributed by atoms with Gasteiger partial charge in [-0.05, 0) is 12.3 Å². The molecule has 0 radical (unpaired) electrons. The van der Waals surface area contributed by atoms with Crippen molar-refractivity contribution >= 4 is 5.78 Å². The van der Waals surface area contributed by atoms with Crippen molar-refractivity contribution in [3.8, 4) is 5.75 Å². The average Bonchev–Trinajstić information content (AvgIpc) is 2.67. The van der Waals surface area contributed by atoms with Gasteiger partial charge in [-0.2, -0.15) is 5.10 Å². The summed E-state index contributed by atoms with van der Waals surface area (Å²) in [6.07, 6.45) is 6.90. The average molecular weight is 236 g/mol. The van der Waals surface area contributed by atoms with E-state index in [9.17, 15) is 4.79 Å². The van der Waals surface area contributed by atoms with Crippen LogP contribution in [0, 0.1) is 5.92 Å². The Bertz CT molecular complexity index is 394. The van der Waals surface area contributed by atoms with Crippen LogP contribution in [0.4, 0.5) is 0 Å². The SMILES string of the molecule is CCCn1ncc(OC)c1C(=O)CC1CCC1. The molecular weight excluding hydrogens is 216 g/mol. The molecule has 1 heterocycles. The van der Waals surface area contributed by atoms with Crippen LogP contribution in [0.2, 0.25) is 0 Å². The molecule has 0 atom stereocenters. The summed E-state index contributed by atoms with van der Waals surface area (Å²) >= 11 is 0. The Morgan fingerprint density at radius 2 is 2.35 bits per heavy atom. The Morgan fingerprint density at radius 3 is 2.88 bits per heavy atom. The molecule has 1 aromatic heterocycles. The number of ether oxygens (including phenoxy) is 1. The van der Waals surface area contributed by atoms with E-state index in [1.807, 2.05) is 0 Å². The van der Waals surface area contributed by atoms with Gasteiger partial charge >= 0.3 is 0 Å². The van der Waals surface area contributed by atoms with Crippen molar-refractivity contribution in [3.63, 3.8) is 0 Å². The molecule has 0 bridgehead atoms. The van der Waals surface area contributed by atoms with Gasteiger partial charge in [-0.1, -0.05) is 26.2 Å². The molecule has 1 saturated carbocycles. The Morgan fingerprint density at radius 1 is 1.59 bits per heavy atom. The van der Waals surface area contributed by atoms with Gasteiger partial charge in [0.25, 0.3) is 0 Å². The molecule has 0 aromatic carbocycles. The molecule has 0 amide bonds. The van der Waals surface area contributed by atoms with Crippen LogP contribution < -0.4 is 4.74 Å². The summed E-state index contributed by atoms with van der Waals surface area (Å²) in [6, 6.07) is 0. The molecular formula is C13H20N2O2. The molecule has 1 aliphatic carbocycles. The van der Waals surface area contributed by atoms with Crippen LogP contribution in [0.1, 0.15) is 49.5 Å². The van der Waals surface area contributed by atoms with E-state index in [1.165, 1.54) is 19.3 Å². The maximum Gasteiger partial charge on any atom is 0.184 e. The van der Waals surface area contributed by atoms with Crippen molar-refractivity contribution in [2.75, 3.05) is 7.11 Å². The highest BCUT2D eigenvalue weighted by atomic mass is 16.5. The molecule has 4 heteroatoms. The summed E-state index contributed by atoms with van der Waals surface area (Å²) in [5, 5.41) is 4.22. The van der Waals surface area contributed by atoms with Gasteiger partial charge in [-0.15, -0.1) is 0 Å². The van der Waals surface area contributed by atoms with Crippen molar-refractivity contribution < 1.29 is 9.53 Å². The number of aryl methyl sites for hydroxylation is 1. The van der Waals surface area contributed by atoms with Crippen molar-refractivity contribution in [2.45, 2.75) is 45.6 Å². The molecule has 0 aliphatic heterocycles. The van der Waals surface area contributed by atoms with Gasteiger partial charge < -0.3 is 4.74 Å². The number of carbonyl (C=O) groups excluding carboxylic acids is 1. The largest absolute Gasteiger partial charge is 0.493 e. The van der Waals surface area contributed by atoms with Gasteiger partial charge in [0.15, 0.2) is 11.5 Å². The Kier molecular flexibility index (Phi) is 3.82. The smallest absolute Gasteiger partial charge is 0.184 e. The summed E-state index contributed by atoms with van der Waals surface area (Å²) in [4.78, 5) is 12.2. The zero-order valence-corrected chi connectivity index (χ0v) is 10.6. The number of hydrogen-bond donors (Lipinski definition) is 0. The van der Waals surface area contributed by atoms with Crippen molar-refractivity contribution in [2.24, 2.45) is 5.92 Å². The van der Waals surface area contributed by atoms with E-state index in [2.05, 4.69) is 12.0 Å². The summed E-state index contributed by atoms with van der Waals surface area (Å²) in [5.74, 6) is 1.37. The summed E-state index contributed by atoms with van der Waals surface area (Å²) < 4.78 is 7.00. The van der Waals surface area contributed by atoms with Gasteiger partial charge in [0, 0.05) is 13.0 Å². The second kappa shape index (κ2) is 5.34. The number of carbonyl (C=O) groups is 1. The number of rotatable bonds is 6. The van der Waals surface area contributed by atoms with Gasteiger partial charge in [0.1, 0.15) is 5.69 Å². The number of nitrogens with zero attached hydrogens (tertiary/aromatic N) is 2. The lowest BCUT2D eigenvalue weighted by atomic mass is 9.81. The third kappa shape index (κ3) is 2.51. The highest BCUT2D eigenvalue weighted by Gasteiger charge is 2.25. The lowest BCUT2D eigenvalue weighted by Gasteiger charge is -2.24. The van der Waals surface area contributed by atoms with Crippen LogP contribution in [0.3, 0.4) is 0 Å². The van der Waals surface area contributed by atoms with Crippen LogP contribution >= 0.6 is 0 Å². The van der Waals surface area contributed by atoms with Crippen LogP contribution in [-0.4, -0.2) is 22.7 Å². The Hall–Kier alpha value is -1.32. The zero-order valence-electron chi connectivity index (χ0n) is 10.6. The van der Waals surface area contributed by atoms with Gasteiger partial charge in [0.2, 0.25) is 0 Å². The van der Waals surface area contributed by atoms with Crippen molar-refractivity contribution in [3.05, 3.63) is 11.9 Å². The lowest BCUT2D eigenvalue weighted by Crippen LogP contribution is -2.19. The van der Waals surface area contributed by atoms with Crippen LogP contribution in [0.15, 0.2) is 6.20 Å². The van der Waals surface area contributed by atoms with E-state index in [0.717, 1.165) is 13.0 Å². The maximum absolute atomic E-state index is 12.2. The molecule has 1 aliphatic rings. The number of aromatic nitrogens is 2. The van der Waals surface area contributed by atoms with Gasteiger partial charge in [-0.3, -0.25) is 9.48 Å². The third-order valence-corrected chi connectivity index (χ3v) is 3.42.